The van der Waals surface area contributed by atoms with Crippen molar-refractivity contribution in [1.82, 2.24) is 4.72 Å². The fourth-order valence-corrected chi connectivity index (χ4v) is 4.57. The predicted octanol–water partition coefficient (Wildman–Crippen LogP) is 3.18. The van der Waals surface area contributed by atoms with Crippen LogP contribution in [0.4, 0.5) is 5.69 Å². The third kappa shape index (κ3) is 4.91. The minimum absolute atomic E-state index is 0.0849. The van der Waals surface area contributed by atoms with Gasteiger partial charge in [-0.2, -0.15) is 0 Å². The van der Waals surface area contributed by atoms with E-state index >= 15 is 0 Å². The van der Waals surface area contributed by atoms with Crippen LogP contribution in [0.1, 0.15) is 30.4 Å². The normalized spacial score (nSPS) is 14.5. The SMILES string of the molecule is Cc1cccc(OCCCNS(=O)(=O)c2ccc(N3CCCC3=O)cc2C)c1. The minimum Gasteiger partial charge on any atom is -0.494 e. The van der Waals surface area contributed by atoms with Gasteiger partial charge in [0.15, 0.2) is 0 Å². The summed E-state index contributed by atoms with van der Waals surface area (Å²) in [5, 5.41) is 0. The molecule has 0 aliphatic carbocycles. The first-order valence-electron chi connectivity index (χ1n) is 9.47. The van der Waals surface area contributed by atoms with Crippen molar-refractivity contribution in [2.45, 2.75) is 38.0 Å². The number of aryl methyl sites for hydroxylation is 2. The van der Waals surface area contributed by atoms with E-state index in [1.54, 1.807) is 30.0 Å². The van der Waals surface area contributed by atoms with Crippen LogP contribution in [0, 0.1) is 13.8 Å². The van der Waals surface area contributed by atoms with Gasteiger partial charge in [0.05, 0.1) is 11.5 Å². The second-order valence-electron chi connectivity index (χ2n) is 7.02. The summed E-state index contributed by atoms with van der Waals surface area (Å²) in [7, 11) is -3.61. The second-order valence-corrected chi connectivity index (χ2v) is 8.75. The number of hydrogen-bond donors (Lipinski definition) is 1. The molecule has 0 bridgehead atoms. The van der Waals surface area contributed by atoms with Crippen molar-refractivity contribution in [3.8, 4) is 5.75 Å². The van der Waals surface area contributed by atoms with E-state index in [9.17, 15) is 13.2 Å². The molecule has 3 rings (SSSR count). The number of carbonyl (C=O) groups is 1. The van der Waals surface area contributed by atoms with E-state index in [0.717, 1.165) is 23.4 Å². The van der Waals surface area contributed by atoms with Crippen molar-refractivity contribution < 1.29 is 17.9 Å². The van der Waals surface area contributed by atoms with Gasteiger partial charge < -0.3 is 9.64 Å². The number of nitrogens with zero attached hydrogens (tertiary/aromatic N) is 1. The fourth-order valence-electron chi connectivity index (χ4n) is 3.28. The molecule has 6 nitrogen and oxygen atoms in total. The van der Waals surface area contributed by atoms with Gasteiger partial charge in [-0.25, -0.2) is 13.1 Å². The summed E-state index contributed by atoms with van der Waals surface area (Å²) in [6, 6.07) is 12.8. The molecule has 0 spiro atoms. The smallest absolute Gasteiger partial charge is 0.240 e. The summed E-state index contributed by atoms with van der Waals surface area (Å²) in [4.78, 5) is 13.8. The number of rotatable bonds is 8. The van der Waals surface area contributed by atoms with Crippen LogP contribution in [-0.4, -0.2) is 34.0 Å². The number of hydrogen-bond acceptors (Lipinski definition) is 4. The number of carbonyl (C=O) groups excluding carboxylic acids is 1. The lowest BCUT2D eigenvalue weighted by Crippen LogP contribution is -2.27. The molecule has 0 unspecified atom stereocenters. The maximum absolute atomic E-state index is 12.6. The highest BCUT2D eigenvalue weighted by molar-refractivity contribution is 7.89. The third-order valence-corrected chi connectivity index (χ3v) is 6.33. The van der Waals surface area contributed by atoms with Gasteiger partial charge in [0, 0.05) is 25.2 Å². The van der Waals surface area contributed by atoms with E-state index in [1.807, 2.05) is 31.2 Å². The zero-order valence-corrected chi connectivity index (χ0v) is 17.1. The fraction of sp³-hybridized carbons (Fsp3) is 0.381. The van der Waals surface area contributed by atoms with E-state index in [4.69, 9.17) is 4.74 Å². The van der Waals surface area contributed by atoms with Crippen molar-refractivity contribution in [2.24, 2.45) is 0 Å². The quantitative estimate of drug-likeness (QED) is 0.688. The van der Waals surface area contributed by atoms with Crippen LogP contribution in [0.2, 0.25) is 0 Å². The first-order chi connectivity index (χ1) is 13.4. The third-order valence-electron chi connectivity index (χ3n) is 4.70. The van der Waals surface area contributed by atoms with Crippen LogP contribution in [0.25, 0.3) is 0 Å². The summed E-state index contributed by atoms with van der Waals surface area (Å²) < 4.78 is 33.5. The van der Waals surface area contributed by atoms with Crippen LogP contribution in [0.15, 0.2) is 47.4 Å². The monoisotopic (exact) mass is 402 g/mol. The topological polar surface area (TPSA) is 75.7 Å². The van der Waals surface area contributed by atoms with Gasteiger partial charge in [-0.1, -0.05) is 12.1 Å². The van der Waals surface area contributed by atoms with Crippen molar-refractivity contribution in [1.29, 1.82) is 0 Å². The second kappa shape index (κ2) is 8.75. The summed E-state index contributed by atoms with van der Waals surface area (Å²) >= 11 is 0. The molecule has 1 fully saturated rings. The Morgan fingerprint density at radius 2 is 1.96 bits per heavy atom. The average molecular weight is 403 g/mol. The van der Waals surface area contributed by atoms with Gasteiger partial charge in [0.25, 0.3) is 0 Å². The molecular formula is C21H26N2O4S. The molecule has 2 aromatic carbocycles. The van der Waals surface area contributed by atoms with E-state index in [2.05, 4.69) is 4.72 Å². The lowest BCUT2D eigenvalue weighted by atomic mass is 10.2. The highest BCUT2D eigenvalue weighted by atomic mass is 32.2. The Hall–Kier alpha value is -2.38. The molecular weight excluding hydrogens is 376 g/mol. The molecule has 1 aliphatic rings. The number of sulfonamides is 1. The summed E-state index contributed by atoms with van der Waals surface area (Å²) in [5.74, 6) is 0.868. The molecule has 1 amide bonds. The molecule has 0 atom stereocenters. The average Bonchev–Trinajstić information content (AvgIpc) is 3.07. The van der Waals surface area contributed by atoms with Gasteiger partial charge in [0.2, 0.25) is 15.9 Å². The highest BCUT2D eigenvalue weighted by Crippen LogP contribution is 2.26. The molecule has 0 saturated carbocycles. The van der Waals surface area contributed by atoms with Gasteiger partial charge >= 0.3 is 0 Å². The van der Waals surface area contributed by atoms with Gasteiger partial charge in [-0.3, -0.25) is 4.79 Å². The lowest BCUT2D eigenvalue weighted by Gasteiger charge is -2.17. The Bertz CT molecular complexity index is 957. The largest absolute Gasteiger partial charge is 0.494 e. The number of anilines is 1. The molecule has 1 heterocycles. The van der Waals surface area contributed by atoms with Crippen LogP contribution in [0.5, 0.6) is 5.75 Å². The zero-order chi connectivity index (χ0) is 20.1. The standard InChI is InChI=1S/C21H26N2O4S/c1-16-6-3-7-19(14-16)27-13-5-11-22-28(25,26)20-10-9-18(15-17(20)2)23-12-4-8-21(23)24/h3,6-7,9-10,14-15,22H,4-5,8,11-13H2,1-2H3. The molecule has 1 aliphatic heterocycles. The number of amides is 1. The molecule has 28 heavy (non-hydrogen) atoms. The van der Waals surface area contributed by atoms with Crippen molar-refractivity contribution in [3.05, 3.63) is 53.6 Å². The first kappa shape index (κ1) is 20.4. The van der Waals surface area contributed by atoms with Crippen LogP contribution in [0.3, 0.4) is 0 Å². The first-order valence-corrected chi connectivity index (χ1v) is 11.0. The molecule has 0 radical (unpaired) electrons. The van der Waals surface area contributed by atoms with Gasteiger partial charge in [-0.15, -0.1) is 0 Å². The molecule has 2 aromatic rings. The predicted molar refractivity (Wildman–Crippen MR) is 109 cm³/mol. The zero-order valence-electron chi connectivity index (χ0n) is 16.3. The summed E-state index contributed by atoms with van der Waals surface area (Å²) in [6.07, 6.45) is 1.95. The maximum Gasteiger partial charge on any atom is 0.240 e. The van der Waals surface area contributed by atoms with E-state index in [1.165, 1.54) is 0 Å². The highest BCUT2D eigenvalue weighted by Gasteiger charge is 2.23. The van der Waals surface area contributed by atoms with E-state index in [0.29, 0.717) is 38.1 Å². The minimum atomic E-state index is -3.61. The summed E-state index contributed by atoms with van der Waals surface area (Å²) in [5.41, 5.74) is 2.50. The number of benzene rings is 2. The van der Waals surface area contributed by atoms with Crippen LogP contribution >= 0.6 is 0 Å². The molecule has 1 saturated heterocycles. The number of ether oxygens (including phenoxy) is 1. The number of nitrogens with one attached hydrogen (secondary N) is 1. The van der Waals surface area contributed by atoms with E-state index in [-0.39, 0.29) is 10.8 Å². The van der Waals surface area contributed by atoms with Crippen LogP contribution in [-0.2, 0) is 14.8 Å². The van der Waals surface area contributed by atoms with Crippen LogP contribution < -0.4 is 14.4 Å². The molecule has 0 aromatic heterocycles. The van der Waals surface area contributed by atoms with Crippen molar-refractivity contribution in [3.63, 3.8) is 0 Å². The lowest BCUT2D eigenvalue weighted by molar-refractivity contribution is -0.117. The Morgan fingerprint density at radius 1 is 1.14 bits per heavy atom. The van der Waals surface area contributed by atoms with Gasteiger partial charge in [-0.05, 0) is 68.1 Å². The van der Waals surface area contributed by atoms with Crippen molar-refractivity contribution >= 4 is 21.6 Å². The molecule has 7 heteroatoms. The summed E-state index contributed by atoms with van der Waals surface area (Å²) in [6.45, 7) is 5.15. The molecule has 150 valence electrons. The Kier molecular flexibility index (Phi) is 6.36. The Balaban J connectivity index is 1.54. The van der Waals surface area contributed by atoms with Gasteiger partial charge in [0.1, 0.15) is 5.75 Å². The Labute approximate surface area is 166 Å². The maximum atomic E-state index is 12.6. The van der Waals surface area contributed by atoms with E-state index < -0.39 is 10.0 Å². The Morgan fingerprint density at radius 3 is 2.64 bits per heavy atom. The van der Waals surface area contributed by atoms with Crippen molar-refractivity contribution in [2.75, 3.05) is 24.6 Å². The molecule has 1 N–H and O–H groups in total.